The Morgan fingerprint density at radius 2 is 2.23 bits per heavy atom. The highest BCUT2D eigenvalue weighted by Gasteiger charge is 2.20. The largest absolute Gasteiger partial charge is 0.384 e. The smallest absolute Gasteiger partial charge is 0.226 e. The summed E-state index contributed by atoms with van der Waals surface area (Å²) < 4.78 is 7.02. The molecule has 6 heteroatoms. The van der Waals surface area contributed by atoms with E-state index in [9.17, 15) is 4.79 Å². The Morgan fingerprint density at radius 1 is 1.41 bits per heavy atom. The zero-order valence-corrected chi connectivity index (χ0v) is 12.7. The molecule has 0 saturated carbocycles. The third-order valence-electron chi connectivity index (χ3n) is 4.03. The van der Waals surface area contributed by atoms with Gasteiger partial charge < -0.3 is 14.6 Å². The molecule has 1 aromatic carbocycles. The van der Waals surface area contributed by atoms with Crippen LogP contribution in [0.4, 0.5) is 5.69 Å². The van der Waals surface area contributed by atoms with E-state index in [4.69, 9.17) is 4.74 Å². The average molecular weight is 300 g/mol. The van der Waals surface area contributed by atoms with Crippen LogP contribution in [0.5, 0.6) is 0 Å². The highest BCUT2D eigenvalue weighted by atomic mass is 16.5. The van der Waals surface area contributed by atoms with Crippen molar-refractivity contribution in [1.82, 2.24) is 14.8 Å². The topological polar surface area (TPSA) is 69.0 Å². The molecule has 0 unspecified atom stereocenters. The van der Waals surface area contributed by atoms with Crippen molar-refractivity contribution in [2.75, 3.05) is 19.0 Å². The number of ether oxygens (including phenoxy) is 1. The first-order valence-corrected chi connectivity index (χ1v) is 7.51. The van der Waals surface area contributed by atoms with Gasteiger partial charge in [-0.05, 0) is 24.1 Å². The predicted octanol–water partition coefficient (Wildman–Crippen LogP) is 1.98. The van der Waals surface area contributed by atoms with E-state index in [0.717, 1.165) is 30.9 Å². The maximum absolute atomic E-state index is 11.7. The van der Waals surface area contributed by atoms with Crippen molar-refractivity contribution in [3.63, 3.8) is 0 Å². The lowest BCUT2D eigenvalue weighted by molar-refractivity contribution is -0.117. The Hall–Kier alpha value is -2.21. The van der Waals surface area contributed by atoms with E-state index >= 15 is 0 Å². The molecular weight excluding hydrogens is 280 g/mol. The second-order valence-electron chi connectivity index (χ2n) is 5.55. The third kappa shape index (κ3) is 3.33. The van der Waals surface area contributed by atoms with Crippen molar-refractivity contribution < 1.29 is 9.53 Å². The molecule has 1 aliphatic heterocycles. The molecule has 0 fully saturated rings. The van der Waals surface area contributed by atoms with E-state index < -0.39 is 0 Å². The number of amides is 1. The van der Waals surface area contributed by atoms with Gasteiger partial charge in [0.15, 0.2) is 0 Å². The summed E-state index contributed by atoms with van der Waals surface area (Å²) in [4.78, 5) is 11.7. The summed E-state index contributed by atoms with van der Waals surface area (Å²) in [7, 11) is 1.59. The molecule has 0 bridgehead atoms. The van der Waals surface area contributed by atoms with Crippen molar-refractivity contribution in [2.24, 2.45) is 0 Å². The number of nitrogens with one attached hydrogen (secondary N) is 1. The number of fused-ring (bicyclic) bond motifs is 1. The second-order valence-corrected chi connectivity index (χ2v) is 5.55. The lowest BCUT2D eigenvalue weighted by Crippen LogP contribution is -2.18. The number of carbonyl (C=O) groups excluding carboxylic acids is 1. The second kappa shape index (κ2) is 6.70. The molecule has 6 nitrogen and oxygen atoms in total. The zero-order chi connectivity index (χ0) is 15.4. The Balaban J connectivity index is 1.61. The van der Waals surface area contributed by atoms with Gasteiger partial charge in [0, 0.05) is 31.7 Å². The molecule has 1 amide bonds. The summed E-state index contributed by atoms with van der Waals surface area (Å²) in [5.41, 5.74) is 2.11. The number of rotatable bonds is 5. The van der Waals surface area contributed by atoms with Gasteiger partial charge in [-0.2, -0.15) is 0 Å². The molecule has 3 rings (SSSR count). The third-order valence-corrected chi connectivity index (χ3v) is 4.03. The van der Waals surface area contributed by atoms with Crippen molar-refractivity contribution in [1.29, 1.82) is 0 Å². The highest BCUT2D eigenvalue weighted by Crippen LogP contribution is 2.28. The van der Waals surface area contributed by atoms with Gasteiger partial charge >= 0.3 is 0 Å². The fraction of sp³-hybridized carbons (Fsp3) is 0.438. The minimum atomic E-state index is -0.0265. The highest BCUT2D eigenvalue weighted by molar-refractivity contribution is 5.90. The van der Waals surface area contributed by atoms with Gasteiger partial charge in [0.1, 0.15) is 12.2 Å². The van der Waals surface area contributed by atoms with Crippen LogP contribution in [0.2, 0.25) is 0 Å². The maximum atomic E-state index is 11.7. The number of anilines is 1. The Bertz CT molecular complexity index is 636. The van der Waals surface area contributed by atoms with Gasteiger partial charge in [-0.15, -0.1) is 10.2 Å². The van der Waals surface area contributed by atoms with E-state index in [1.807, 2.05) is 12.1 Å². The Morgan fingerprint density at radius 3 is 3.00 bits per heavy atom. The fourth-order valence-corrected chi connectivity index (χ4v) is 2.79. The standard InChI is InChI=1S/C16H20N4O2/c1-22-9-8-16(21)18-14-5-2-12(3-6-14)13-4-7-15-19-17-11-20(15)10-13/h2-3,5-6,11,13H,4,7-10H2,1H3,(H,18,21)/t13-/m0/s1. The van der Waals surface area contributed by atoms with Gasteiger partial charge in [0.05, 0.1) is 13.0 Å². The number of hydrogen-bond donors (Lipinski definition) is 1. The monoisotopic (exact) mass is 300 g/mol. The maximum Gasteiger partial charge on any atom is 0.226 e. The SMILES string of the molecule is COCCC(=O)Nc1ccc([C@H]2CCc3nncn3C2)cc1. The number of aryl methyl sites for hydroxylation is 1. The zero-order valence-electron chi connectivity index (χ0n) is 12.7. The molecule has 0 saturated heterocycles. The van der Waals surface area contributed by atoms with Gasteiger partial charge in [-0.25, -0.2) is 0 Å². The summed E-state index contributed by atoms with van der Waals surface area (Å²) >= 11 is 0. The van der Waals surface area contributed by atoms with Gasteiger partial charge in [0.2, 0.25) is 5.91 Å². The van der Waals surface area contributed by atoms with Gasteiger partial charge in [0.25, 0.3) is 0 Å². The number of methoxy groups -OCH3 is 1. The Labute approximate surface area is 129 Å². The molecule has 1 N–H and O–H groups in total. The summed E-state index contributed by atoms with van der Waals surface area (Å²) in [6, 6.07) is 8.10. The first-order valence-electron chi connectivity index (χ1n) is 7.51. The van der Waals surface area contributed by atoms with Crippen LogP contribution in [-0.2, 0) is 22.5 Å². The number of carbonyl (C=O) groups is 1. The van der Waals surface area contributed by atoms with E-state index in [2.05, 4.69) is 32.2 Å². The van der Waals surface area contributed by atoms with Crippen molar-refractivity contribution in [3.8, 4) is 0 Å². The molecule has 0 aliphatic carbocycles. The molecule has 1 aromatic heterocycles. The van der Waals surface area contributed by atoms with Crippen molar-refractivity contribution in [2.45, 2.75) is 31.7 Å². The molecule has 1 aliphatic rings. The van der Waals surface area contributed by atoms with Crippen LogP contribution in [0.3, 0.4) is 0 Å². The number of benzene rings is 1. The molecule has 0 spiro atoms. The van der Waals surface area contributed by atoms with Crippen LogP contribution in [0, 0.1) is 0 Å². The van der Waals surface area contributed by atoms with Crippen LogP contribution >= 0.6 is 0 Å². The average Bonchev–Trinajstić information content (AvgIpc) is 3.01. The number of nitrogens with zero attached hydrogens (tertiary/aromatic N) is 3. The van der Waals surface area contributed by atoms with Crippen molar-refractivity contribution in [3.05, 3.63) is 42.0 Å². The number of hydrogen-bond acceptors (Lipinski definition) is 4. The Kier molecular flexibility index (Phi) is 4.48. The fourth-order valence-electron chi connectivity index (χ4n) is 2.79. The summed E-state index contributed by atoms with van der Waals surface area (Å²) in [5.74, 6) is 1.52. The summed E-state index contributed by atoms with van der Waals surface area (Å²) in [6.45, 7) is 1.36. The van der Waals surface area contributed by atoms with Gasteiger partial charge in [-0.3, -0.25) is 4.79 Å². The lowest BCUT2D eigenvalue weighted by Gasteiger charge is -2.23. The van der Waals surface area contributed by atoms with Crippen LogP contribution < -0.4 is 5.32 Å². The summed E-state index contributed by atoms with van der Waals surface area (Å²) in [5, 5.41) is 10.9. The first kappa shape index (κ1) is 14.7. The summed E-state index contributed by atoms with van der Waals surface area (Å²) in [6.07, 6.45) is 4.21. The molecular formula is C16H20N4O2. The molecule has 22 heavy (non-hydrogen) atoms. The van der Waals surface area contributed by atoms with Crippen LogP contribution in [0.25, 0.3) is 0 Å². The lowest BCUT2D eigenvalue weighted by atomic mass is 9.91. The van der Waals surface area contributed by atoms with Crippen LogP contribution in [0.1, 0.15) is 30.1 Å². The molecule has 0 radical (unpaired) electrons. The normalized spacial score (nSPS) is 17.0. The van der Waals surface area contributed by atoms with E-state index in [-0.39, 0.29) is 5.91 Å². The predicted molar refractivity (Wildman–Crippen MR) is 82.6 cm³/mol. The van der Waals surface area contributed by atoms with E-state index in [1.165, 1.54) is 5.56 Å². The van der Waals surface area contributed by atoms with E-state index in [1.54, 1.807) is 13.4 Å². The minimum absolute atomic E-state index is 0.0265. The van der Waals surface area contributed by atoms with Crippen molar-refractivity contribution >= 4 is 11.6 Å². The quantitative estimate of drug-likeness (QED) is 0.916. The first-order chi connectivity index (χ1) is 10.8. The van der Waals surface area contributed by atoms with Crippen LogP contribution in [0.15, 0.2) is 30.6 Å². The molecule has 116 valence electrons. The molecule has 2 heterocycles. The number of aromatic nitrogens is 3. The molecule has 1 atom stereocenters. The minimum Gasteiger partial charge on any atom is -0.384 e. The molecule has 2 aromatic rings. The van der Waals surface area contributed by atoms with E-state index in [0.29, 0.717) is 18.9 Å². The van der Waals surface area contributed by atoms with Gasteiger partial charge in [-0.1, -0.05) is 12.1 Å². The van der Waals surface area contributed by atoms with Crippen LogP contribution in [-0.4, -0.2) is 34.4 Å².